The first-order chi connectivity index (χ1) is 12.7. The molecule has 7 heteroatoms. The molecular weight excluding hydrogens is 362 g/mol. The Bertz CT molecular complexity index is 958. The Kier molecular flexibility index (Phi) is 5.37. The third-order valence-corrected chi connectivity index (χ3v) is 6.47. The summed E-state index contributed by atoms with van der Waals surface area (Å²) >= 11 is 0. The fraction of sp³-hybridized carbons (Fsp3) is 0.350. The Balaban J connectivity index is 1.92. The van der Waals surface area contributed by atoms with Crippen molar-refractivity contribution in [2.75, 3.05) is 19.6 Å². The minimum absolute atomic E-state index is 0.0000289. The molecule has 0 unspecified atom stereocenters. The summed E-state index contributed by atoms with van der Waals surface area (Å²) in [6.45, 7) is 5.06. The summed E-state index contributed by atoms with van der Waals surface area (Å²) in [4.78, 5) is 14.8. The van der Waals surface area contributed by atoms with Crippen LogP contribution in [0.5, 0.6) is 0 Å². The van der Waals surface area contributed by atoms with E-state index >= 15 is 0 Å². The van der Waals surface area contributed by atoms with Crippen LogP contribution in [-0.4, -0.2) is 38.9 Å². The number of carbonyl (C=O) groups excluding carboxylic acids is 1. The summed E-state index contributed by atoms with van der Waals surface area (Å²) in [6, 6.07) is 13.1. The number of nitrogens with two attached hydrogens (primary N) is 2. The van der Waals surface area contributed by atoms with E-state index in [0.717, 1.165) is 11.1 Å². The minimum Gasteiger partial charge on any atom is -0.338 e. The molecular formula is C20H25N3O3S. The molecule has 0 aromatic heterocycles. The highest BCUT2D eigenvalue weighted by Gasteiger charge is 2.36. The van der Waals surface area contributed by atoms with E-state index in [0.29, 0.717) is 30.8 Å². The van der Waals surface area contributed by atoms with E-state index in [1.165, 1.54) is 6.07 Å². The van der Waals surface area contributed by atoms with E-state index in [1.54, 1.807) is 24.8 Å². The van der Waals surface area contributed by atoms with Gasteiger partial charge in [0.15, 0.2) is 0 Å². The summed E-state index contributed by atoms with van der Waals surface area (Å²) in [7, 11) is -3.90. The molecule has 0 aliphatic carbocycles. The maximum absolute atomic E-state index is 13.1. The predicted octanol–water partition coefficient (Wildman–Crippen LogP) is 1.77. The largest absolute Gasteiger partial charge is 0.338 e. The van der Waals surface area contributed by atoms with E-state index in [2.05, 4.69) is 12.1 Å². The molecule has 0 saturated carbocycles. The number of hydrogen-bond acceptors (Lipinski definition) is 4. The smallest absolute Gasteiger partial charge is 0.253 e. The molecule has 2 aromatic rings. The molecule has 6 nitrogen and oxygen atoms in total. The van der Waals surface area contributed by atoms with Crippen molar-refractivity contribution in [2.24, 2.45) is 16.8 Å². The summed E-state index contributed by atoms with van der Waals surface area (Å²) in [5, 5.41) is 5.32. The maximum atomic E-state index is 13.1. The van der Waals surface area contributed by atoms with Gasteiger partial charge in [0.25, 0.3) is 5.91 Å². The topological polar surface area (TPSA) is 106 Å². The second-order valence-electron chi connectivity index (χ2n) is 7.18. The van der Waals surface area contributed by atoms with E-state index in [9.17, 15) is 13.2 Å². The number of likely N-dealkylation sites (tertiary alicyclic amines) is 1. The summed E-state index contributed by atoms with van der Waals surface area (Å²) in [5.41, 5.74) is 8.74. The number of nitrogens with zero attached hydrogens (tertiary/aromatic N) is 1. The molecule has 1 saturated heterocycles. The molecule has 1 aliphatic rings. The van der Waals surface area contributed by atoms with Gasteiger partial charge in [0.2, 0.25) is 10.0 Å². The summed E-state index contributed by atoms with van der Waals surface area (Å²) in [6.07, 6.45) is 0. The molecule has 2 atom stereocenters. The number of carbonyl (C=O) groups is 1. The molecule has 3 rings (SSSR count). The summed E-state index contributed by atoms with van der Waals surface area (Å²) in [5.74, 6) is 0.143. The molecule has 27 heavy (non-hydrogen) atoms. The predicted molar refractivity (Wildman–Crippen MR) is 105 cm³/mol. The van der Waals surface area contributed by atoms with Crippen LogP contribution >= 0.6 is 0 Å². The molecule has 144 valence electrons. The van der Waals surface area contributed by atoms with E-state index < -0.39 is 10.0 Å². The van der Waals surface area contributed by atoms with Gasteiger partial charge in [-0.05, 0) is 55.1 Å². The zero-order chi connectivity index (χ0) is 19.8. The minimum atomic E-state index is -3.90. The zero-order valence-electron chi connectivity index (χ0n) is 15.6. The SMILES string of the molecule is Cc1cc(C(=O)N2C[C@@H](CN)[C@H](c3ccccc3)C2)cc(S(N)(=O)=O)c1C. The lowest BCUT2D eigenvalue weighted by Crippen LogP contribution is -2.30. The molecule has 2 aromatic carbocycles. The molecule has 0 radical (unpaired) electrons. The van der Waals surface area contributed by atoms with Crippen LogP contribution in [0.3, 0.4) is 0 Å². The van der Waals surface area contributed by atoms with Gasteiger partial charge >= 0.3 is 0 Å². The van der Waals surface area contributed by atoms with Gasteiger partial charge in [0, 0.05) is 24.6 Å². The van der Waals surface area contributed by atoms with Crippen LogP contribution in [0.2, 0.25) is 0 Å². The number of sulfonamides is 1. The first kappa shape index (κ1) is 19.5. The number of benzene rings is 2. The van der Waals surface area contributed by atoms with E-state index in [4.69, 9.17) is 10.9 Å². The second kappa shape index (κ2) is 7.42. The lowest BCUT2D eigenvalue weighted by Gasteiger charge is -2.18. The van der Waals surface area contributed by atoms with E-state index in [-0.39, 0.29) is 22.6 Å². The van der Waals surface area contributed by atoms with Gasteiger partial charge in [-0.25, -0.2) is 13.6 Å². The lowest BCUT2D eigenvalue weighted by atomic mass is 9.89. The second-order valence-corrected chi connectivity index (χ2v) is 8.71. The van der Waals surface area contributed by atoms with Gasteiger partial charge in [-0.2, -0.15) is 0 Å². The fourth-order valence-electron chi connectivity index (χ4n) is 3.78. The number of amides is 1. The van der Waals surface area contributed by atoms with Gasteiger partial charge in [0.1, 0.15) is 0 Å². The standard InChI is InChI=1S/C20H25N3O3S/c1-13-8-16(9-19(14(13)2)27(22,25)26)20(24)23-11-17(10-21)18(12-23)15-6-4-3-5-7-15/h3-9,17-18H,10-12,21H2,1-2H3,(H2,22,25,26)/t17-,18+/m1/s1. The quantitative estimate of drug-likeness (QED) is 0.834. The molecule has 0 spiro atoms. The normalized spacial score (nSPS) is 20.1. The molecule has 0 bridgehead atoms. The molecule has 1 aliphatic heterocycles. The Morgan fingerprint density at radius 3 is 2.41 bits per heavy atom. The van der Waals surface area contributed by atoms with Gasteiger partial charge in [-0.1, -0.05) is 30.3 Å². The van der Waals surface area contributed by atoms with Crippen LogP contribution < -0.4 is 10.9 Å². The highest BCUT2D eigenvalue weighted by Crippen LogP contribution is 2.33. The number of primary sulfonamides is 1. The van der Waals surface area contributed by atoms with Crippen molar-refractivity contribution in [3.8, 4) is 0 Å². The van der Waals surface area contributed by atoms with Crippen molar-refractivity contribution in [3.63, 3.8) is 0 Å². The van der Waals surface area contributed by atoms with Gasteiger partial charge < -0.3 is 10.6 Å². The lowest BCUT2D eigenvalue weighted by molar-refractivity contribution is 0.0786. The monoisotopic (exact) mass is 387 g/mol. The van der Waals surface area contributed by atoms with Gasteiger partial charge in [-0.3, -0.25) is 4.79 Å². The van der Waals surface area contributed by atoms with E-state index in [1.807, 2.05) is 18.2 Å². The van der Waals surface area contributed by atoms with Crippen molar-refractivity contribution < 1.29 is 13.2 Å². The Morgan fingerprint density at radius 2 is 1.81 bits per heavy atom. The van der Waals surface area contributed by atoms with Crippen molar-refractivity contribution in [1.29, 1.82) is 0 Å². The molecule has 1 heterocycles. The zero-order valence-corrected chi connectivity index (χ0v) is 16.4. The molecule has 1 amide bonds. The molecule has 4 N–H and O–H groups in total. The van der Waals surface area contributed by atoms with Crippen LogP contribution in [0.25, 0.3) is 0 Å². The first-order valence-corrected chi connectivity index (χ1v) is 10.5. The van der Waals surface area contributed by atoms with Crippen LogP contribution in [0.15, 0.2) is 47.4 Å². The fourth-order valence-corrected chi connectivity index (χ4v) is 4.66. The number of hydrogen-bond donors (Lipinski definition) is 2. The third kappa shape index (κ3) is 3.90. The number of rotatable bonds is 4. The Hall–Kier alpha value is -2.22. The van der Waals surface area contributed by atoms with Crippen molar-refractivity contribution >= 4 is 15.9 Å². The van der Waals surface area contributed by atoms with Gasteiger partial charge in [0.05, 0.1) is 4.90 Å². The molecule has 1 fully saturated rings. The van der Waals surface area contributed by atoms with Gasteiger partial charge in [-0.15, -0.1) is 0 Å². The average molecular weight is 388 g/mol. The van der Waals surface area contributed by atoms with Crippen LogP contribution in [0.4, 0.5) is 0 Å². The Labute approximate surface area is 160 Å². The number of aryl methyl sites for hydroxylation is 1. The third-order valence-electron chi connectivity index (χ3n) is 5.43. The van der Waals surface area contributed by atoms with Crippen molar-refractivity contribution in [2.45, 2.75) is 24.7 Å². The van der Waals surface area contributed by atoms with Crippen LogP contribution in [0, 0.1) is 19.8 Å². The average Bonchev–Trinajstić information content (AvgIpc) is 3.07. The van der Waals surface area contributed by atoms with Crippen molar-refractivity contribution in [1.82, 2.24) is 4.90 Å². The van der Waals surface area contributed by atoms with Crippen LogP contribution in [0.1, 0.15) is 33.0 Å². The first-order valence-electron chi connectivity index (χ1n) is 8.90. The highest BCUT2D eigenvalue weighted by molar-refractivity contribution is 7.89. The Morgan fingerprint density at radius 1 is 1.15 bits per heavy atom. The summed E-state index contributed by atoms with van der Waals surface area (Å²) < 4.78 is 23.7. The highest BCUT2D eigenvalue weighted by atomic mass is 32.2. The maximum Gasteiger partial charge on any atom is 0.253 e. The van der Waals surface area contributed by atoms with Crippen molar-refractivity contribution in [3.05, 3.63) is 64.7 Å². The van der Waals surface area contributed by atoms with Crippen LogP contribution in [-0.2, 0) is 10.0 Å².